The summed E-state index contributed by atoms with van der Waals surface area (Å²) in [5, 5.41) is 0. The van der Waals surface area contributed by atoms with Gasteiger partial charge in [0.25, 0.3) is 0 Å². The normalized spacial score (nSPS) is 12.6. The monoisotopic (exact) mass is 1040 g/mol. The second-order valence-electron chi connectivity index (χ2n) is 21.3. The van der Waals surface area contributed by atoms with Gasteiger partial charge in [-0.1, -0.05) is 266 Å². The van der Waals surface area contributed by atoms with E-state index in [0.29, 0.717) is 19.3 Å². The highest BCUT2D eigenvalue weighted by molar-refractivity contribution is 5.71. The van der Waals surface area contributed by atoms with E-state index < -0.39 is 6.10 Å². The number of ether oxygens (including phenoxy) is 3. The van der Waals surface area contributed by atoms with Gasteiger partial charge in [-0.05, 0) is 116 Å². The molecule has 0 bridgehead atoms. The van der Waals surface area contributed by atoms with Crippen LogP contribution in [0.1, 0.15) is 316 Å². The molecule has 6 nitrogen and oxygen atoms in total. The number of carbonyl (C=O) groups excluding carboxylic acids is 3. The van der Waals surface area contributed by atoms with Gasteiger partial charge in [-0.2, -0.15) is 0 Å². The Bertz CT molecular complexity index is 1430. The molecule has 0 heterocycles. The molecule has 0 aliphatic carbocycles. The van der Waals surface area contributed by atoms with E-state index in [0.717, 1.165) is 89.9 Å². The lowest BCUT2D eigenvalue weighted by molar-refractivity contribution is -0.167. The lowest BCUT2D eigenvalue weighted by atomic mass is 10.1. The molecule has 0 N–H and O–H groups in total. The maximum absolute atomic E-state index is 12.9. The fourth-order valence-corrected chi connectivity index (χ4v) is 9.05. The maximum Gasteiger partial charge on any atom is 0.306 e. The van der Waals surface area contributed by atoms with Crippen molar-refractivity contribution in [2.75, 3.05) is 13.2 Å². The molecule has 432 valence electrons. The van der Waals surface area contributed by atoms with Gasteiger partial charge >= 0.3 is 17.9 Å². The third kappa shape index (κ3) is 61.3. The van der Waals surface area contributed by atoms with E-state index >= 15 is 0 Å². The molecular weight excluding hydrogens is 925 g/mol. The Morgan fingerprint density at radius 1 is 0.280 bits per heavy atom. The van der Waals surface area contributed by atoms with Gasteiger partial charge < -0.3 is 14.2 Å². The van der Waals surface area contributed by atoms with Crippen LogP contribution in [0.5, 0.6) is 0 Å². The summed E-state index contributed by atoms with van der Waals surface area (Å²) in [6.07, 6.45) is 83.0. The molecule has 6 heteroatoms. The van der Waals surface area contributed by atoms with Crippen LogP contribution < -0.4 is 0 Å². The fourth-order valence-electron chi connectivity index (χ4n) is 9.05. The summed E-state index contributed by atoms with van der Waals surface area (Å²) in [6, 6.07) is 0. The molecule has 0 aromatic rings. The predicted molar refractivity (Wildman–Crippen MR) is 325 cm³/mol. The number of rotatable bonds is 58. The van der Waals surface area contributed by atoms with E-state index in [1.807, 2.05) is 0 Å². The van der Waals surface area contributed by atoms with Crippen molar-refractivity contribution in [3.63, 3.8) is 0 Å². The topological polar surface area (TPSA) is 78.9 Å². The Hall–Kier alpha value is -3.41. The van der Waals surface area contributed by atoms with Crippen molar-refractivity contribution in [3.05, 3.63) is 85.1 Å². The third-order valence-electron chi connectivity index (χ3n) is 13.9. The maximum atomic E-state index is 12.9. The van der Waals surface area contributed by atoms with Gasteiger partial charge in [0.15, 0.2) is 6.10 Å². The zero-order valence-corrected chi connectivity index (χ0v) is 49.6. The molecule has 0 amide bonds. The highest BCUT2D eigenvalue weighted by Crippen LogP contribution is 2.16. The Balaban J connectivity index is 4.40. The van der Waals surface area contributed by atoms with Crippen molar-refractivity contribution >= 4 is 17.9 Å². The van der Waals surface area contributed by atoms with Crippen molar-refractivity contribution < 1.29 is 28.6 Å². The van der Waals surface area contributed by atoms with Crippen LogP contribution in [0, 0.1) is 0 Å². The largest absolute Gasteiger partial charge is 0.462 e. The van der Waals surface area contributed by atoms with Crippen LogP contribution in [0.15, 0.2) is 85.1 Å². The van der Waals surface area contributed by atoms with Gasteiger partial charge in [-0.25, -0.2) is 0 Å². The molecule has 75 heavy (non-hydrogen) atoms. The third-order valence-corrected chi connectivity index (χ3v) is 13.9. The molecular formula is C69H120O6. The molecule has 0 fully saturated rings. The van der Waals surface area contributed by atoms with E-state index in [1.165, 1.54) is 186 Å². The zero-order chi connectivity index (χ0) is 54.3. The minimum atomic E-state index is -0.798. The first-order chi connectivity index (χ1) is 37.0. The van der Waals surface area contributed by atoms with Crippen LogP contribution in [0.3, 0.4) is 0 Å². The summed E-state index contributed by atoms with van der Waals surface area (Å²) in [4.78, 5) is 38.3. The van der Waals surface area contributed by atoms with Crippen LogP contribution in [-0.2, 0) is 28.6 Å². The molecule has 0 aromatic heterocycles. The number of hydrogen-bond acceptors (Lipinski definition) is 6. The first-order valence-electron chi connectivity index (χ1n) is 32.1. The quantitative estimate of drug-likeness (QED) is 0.0261. The second-order valence-corrected chi connectivity index (χ2v) is 21.3. The van der Waals surface area contributed by atoms with Gasteiger partial charge in [-0.15, -0.1) is 0 Å². The first kappa shape index (κ1) is 71.6. The highest BCUT2D eigenvalue weighted by Gasteiger charge is 2.19. The van der Waals surface area contributed by atoms with Gasteiger partial charge in [0.1, 0.15) is 13.2 Å². The molecule has 0 aliphatic rings. The Labute approximate surface area is 465 Å². The molecule has 1 unspecified atom stereocenters. The Morgan fingerprint density at radius 2 is 0.520 bits per heavy atom. The van der Waals surface area contributed by atoms with Gasteiger partial charge in [-0.3, -0.25) is 14.4 Å². The average Bonchev–Trinajstić information content (AvgIpc) is 3.41. The van der Waals surface area contributed by atoms with E-state index in [1.54, 1.807) is 0 Å². The van der Waals surface area contributed by atoms with Crippen LogP contribution >= 0.6 is 0 Å². The Kier molecular flexibility index (Phi) is 60.3. The molecule has 0 aromatic carbocycles. The summed E-state index contributed by atoms with van der Waals surface area (Å²) in [5.74, 6) is -0.929. The van der Waals surface area contributed by atoms with Crippen molar-refractivity contribution in [2.45, 2.75) is 322 Å². The smallest absolute Gasteiger partial charge is 0.306 e. The molecule has 1 atom stereocenters. The van der Waals surface area contributed by atoms with Crippen molar-refractivity contribution in [1.82, 2.24) is 0 Å². The number of allylic oxidation sites excluding steroid dienone is 14. The van der Waals surface area contributed by atoms with Crippen molar-refractivity contribution in [3.8, 4) is 0 Å². The molecule has 0 saturated carbocycles. The number of unbranched alkanes of at least 4 members (excludes halogenated alkanes) is 33. The van der Waals surface area contributed by atoms with Crippen LogP contribution in [-0.4, -0.2) is 37.2 Å². The summed E-state index contributed by atoms with van der Waals surface area (Å²) in [6.45, 7) is 6.51. The lowest BCUT2D eigenvalue weighted by Crippen LogP contribution is -2.30. The van der Waals surface area contributed by atoms with Gasteiger partial charge in [0.2, 0.25) is 0 Å². The van der Waals surface area contributed by atoms with E-state index in [-0.39, 0.29) is 31.1 Å². The van der Waals surface area contributed by atoms with E-state index in [9.17, 15) is 14.4 Å². The molecule has 0 radical (unpaired) electrons. The van der Waals surface area contributed by atoms with Gasteiger partial charge in [0, 0.05) is 19.3 Å². The second kappa shape index (κ2) is 63.1. The average molecular weight is 1050 g/mol. The fraction of sp³-hybridized carbons (Fsp3) is 0.754. The van der Waals surface area contributed by atoms with Crippen molar-refractivity contribution in [2.24, 2.45) is 0 Å². The SMILES string of the molecule is CC/C=C\C/C=C\C/C=C\C/C=C\CCCCC(=O)OCC(COC(=O)CCCCCCCCCCC/C=C\C/C=C\CCCCCCC)OC(=O)CCCCCCCCCCC/C=C\CCCCCCCCCC. The number of carbonyl (C=O) groups is 3. The summed E-state index contributed by atoms with van der Waals surface area (Å²) < 4.78 is 16.9. The number of hydrogen-bond donors (Lipinski definition) is 0. The van der Waals surface area contributed by atoms with E-state index in [2.05, 4.69) is 106 Å². The van der Waals surface area contributed by atoms with Crippen LogP contribution in [0.25, 0.3) is 0 Å². The van der Waals surface area contributed by atoms with Gasteiger partial charge in [0.05, 0.1) is 0 Å². The minimum Gasteiger partial charge on any atom is -0.462 e. The molecule has 0 saturated heterocycles. The number of esters is 3. The molecule has 0 spiro atoms. The van der Waals surface area contributed by atoms with Crippen LogP contribution in [0.4, 0.5) is 0 Å². The lowest BCUT2D eigenvalue weighted by Gasteiger charge is -2.18. The summed E-state index contributed by atoms with van der Waals surface area (Å²) in [5.41, 5.74) is 0. The Morgan fingerprint density at radius 3 is 0.853 bits per heavy atom. The minimum absolute atomic E-state index is 0.0919. The molecule has 0 rings (SSSR count). The highest BCUT2D eigenvalue weighted by atomic mass is 16.6. The molecule has 0 aliphatic heterocycles. The zero-order valence-electron chi connectivity index (χ0n) is 49.6. The summed E-state index contributed by atoms with van der Waals surface area (Å²) >= 11 is 0. The van der Waals surface area contributed by atoms with Crippen molar-refractivity contribution in [1.29, 1.82) is 0 Å². The van der Waals surface area contributed by atoms with E-state index in [4.69, 9.17) is 14.2 Å². The van der Waals surface area contributed by atoms with Crippen LogP contribution in [0.2, 0.25) is 0 Å². The first-order valence-corrected chi connectivity index (χ1v) is 32.1. The predicted octanol–water partition coefficient (Wildman–Crippen LogP) is 21.9. The standard InChI is InChI=1S/C69H120O6/c1-4-7-10-13-16-19-22-25-28-30-32-34-36-38-41-44-47-50-53-56-59-62-68(71)74-65-66(64-73-67(70)61-58-55-52-49-46-43-40-27-24-21-18-15-12-9-6-3)75-69(72)63-60-57-54-51-48-45-42-39-37-35-33-31-29-26-23-20-17-14-11-8-5-2/h9,12,18,21-22,25,27,30-33,40,46,49,66H,4-8,10-11,13-17,19-20,23-24,26,28-29,34-39,41-45,47-48,50-65H2,1-3H3/b12-9-,21-18-,25-22-,32-30-,33-31-,40-27-,49-46-. The summed E-state index contributed by atoms with van der Waals surface area (Å²) in [7, 11) is 0.